The Bertz CT molecular complexity index is 935. The van der Waals surface area contributed by atoms with Crippen molar-refractivity contribution >= 4 is 38.8 Å². The molecule has 0 saturated heterocycles. The van der Waals surface area contributed by atoms with Gasteiger partial charge < -0.3 is 15.2 Å². The molecule has 1 aliphatic heterocycles. The number of methoxy groups -OCH3 is 1. The van der Waals surface area contributed by atoms with Gasteiger partial charge in [-0.2, -0.15) is 0 Å². The van der Waals surface area contributed by atoms with Gasteiger partial charge in [0.05, 0.1) is 12.0 Å². The quantitative estimate of drug-likeness (QED) is 0.854. The van der Waals surface area contributed by atoms with Crippen molar-refractivity contribution < 1.29 is 23.1 Å². The second-order valence-electron chi connectivity index (χ2n) is 4.80. The summed E-state index contributed by atoms with van der Waals surface area (Å²) in [5.41, 5.74) is -0.377. The molecule has 8 nitrogen and oxygen atoms in total. The van der Waals surface area contributed by atoms with Crippen LogP contribution >= 0.6 is 11.3 Å². The average Bonchev–Trinajstić information content (AvgIpc) is 3.00. The van der Waals surface area contributed by atoms with Crippen LogP contribution in [-0.4, -0.2) is 42.9 Å². The van der Waals surface area contributed by atoms with E-state index in [1.165, 1.54) is 26.4 Å². The van der Waals surface area contributed by atoms with Gasteiger partial charge in [-0.05, 0) is 12.1 Å². The molecule has 3 heterocycles. The number of pyridine rings is 1. The molecule has 0 unspecified atom stereocenters. The largest absolute Gasteiger partial charge is 0.504 e. The van der Waals surface area contributed by atoms with Crippen LogP contribution in [0.15, 0.2) is 41.1 Å². The molecule has 0 aromatic carbocycles. The number of carbonyl (C=O) groups is 1. The maximum atomic E-state index is 12.6. The van der Waals surface area contributed by atoms with Crippen molar-refractivity contribution in [2.75, 3.05) is 19.5 Å². The van der Waals surface area contributed by atoms with E-state index in [4.69, 9.17) is 4.74 Å². The number of anilines is 1. The van der Waals surface area contributed by atoms with Crippen LogP contribution in [0.5, 0.6) is 5.06 Å². The molecule has 2 N–H and O–H groups in total. The minimum atomic E-state index is -3.96. The SMILES string of the molecule is COc1cc2c(s1)C(O)=C(C(=O)Nc1ccccn1)N(C)S2(=O)=O. The van der Waals surface area contributed by atoms with Gasteiger partial charge in [-0.15, -0.1) is 0 Å². The van der Waals surface area contributed by atoms with Crippen molar-refractivity contribution in [3.63, 3.8) is 0 Å². The minimum absolute atomic E-state index is 0.0659. The molecule has 24 heavy (non-hydrogen) atoms. The van der Waals surface area contributed by atoms with Crippen LogP contribution in [0.3, 0.4) is 0 Å². The van der Waals surface area contributed by atoms with E-state index in [1.807, 2.05) is 0 Å². The summed E-state index contributed by atoms with van der Waals surface area (Å²) in [5.74, 6) is -0.970. The molecule has 126 valence electrons. The minimum Gasteiger partial charge on any atom is -0.504 e. The van der Waals surface area contributed by atoms with Crippen molar-refractivity contribution in [1.29, 1.82) is 0 Å². The molecular formula is C14H13N3O5S2. The number of nitrogens with one attached hydrogen (secondary N) is 1. The highest BCUT2D eigenvalue weighted by molar-refractivity contribution is 7.89. The third kappa shape index (κ3) is 2.49. The van der Waals surface area contributed by atoms with Crippen LogP contribution < -0.4 is 10.1 Å². The monoisotopic (exact) mass is 367 g/mol. The molecule has 2 aromatic heterocycles. The Hall–Kier alpha value is -2.59. The Morgan fingerprint density at radius 2 is 2.17 bits per heavy atom. The molecular weight excluding hydrogens is 354 g/mol. The predicted molar refractivity (Wildman–Crippen MR) is 88.2 cm³/mol. The molecule has 1 amide bonds. The lowest BCUT2D eigenvalue weighted by Crippen LogP contribution is -2.36. The van der Waals surface area contributed by atoms with Crippen LogP contribution in [0, 0.1) is 0 Å². The number of aliphatic hydroxyl groups excluding tert-OH is 1. The summed E-state index contributed by atoms with van der Waals surface area (Å²) in [6, 6.07) is 6.20. The van der Waals surface area contributed by atoms with Gasteiger partial charge in [-0.3, -0.25) is 9.10 Å². The molecule has 0 radical (unpaired) electrons. The summed E-state index contributed by atoms with van der Waals surface area (Å²) < 4.78 is 30.9. The smallest absolute Gasteiger partial charge is 0.278 e. The average molecular weight is 367 g/mol. The zero-order chi connectivity index (χ0) is 17.5. The molecule has 0 fully saturated rings. The van der Waals surface area contributed by atoms with Gasteiger partial charge in [0, 0.05) is 19.3 Å². The van der Waals surface area contributed by atoms with Crippen molar-refractivity contribution in [3.05, 3.63) is 41.0 Å². The van der Waals surface area contributed by atoms with E-state index in [0.29, 0.717) is 5.06 Å². The standard InChI is InChI=1S/C14H13N3O5S2/c1-17-11(14(19)16-9-5-3-4-6-15-9)12(18)13-8(24(17,20)21)7-10(22-2)23-13/h3-7,18H,1-2H3,(H,15,16,19). The molecule has 10 heteroatoms. The first-order valence-electron chi connectivity index (χ1n) is 6.69. The van der Waals surface area contributed by atoms with E-state index >= 15 is 0 Å². The maximum absolute atomic E-state index is 12.6. The van der Waals surface area contributed by atoms with Crippen LogP contribution in [0.2, 0.25) is 0 Å². The van der Waals surface area contributed by atoms with Crippen molar-refractivity contribution in [2.45, 2.75) is 4.90 Å². The summed E-state index contributed by atoms with van der Waals surface area (Å²) in [7, 11) is -1.37. The number of aliphatic hydroxyl groups is 1. The number of carbonyl (C=O) groups excluding carboxylic acids is 1. The number of hydrogen-bond acceptors (Lipinski definition) is 7. The summed E-state index contributed by atoms with van der Waals surface area (Å²) in [6.45, 7) is 0. The first-order valence-corrected chi connectivity index (χ1v) is 8.94. The second kappa shape index (κ2) is 5.80. The van der Waals surface area contributed by atoms with Crippen LogP contribution in [0.4, 0.5) is 5.82 Å². The number of likely N-dealkylation sites (N-methyl/N-ethyl adjacent to an activating group) is 1. The van der Waals surface area contributed by atoms with E-state index in [-0.39, 0.29) is 21.3 Å². The molecule has 3 rings (SSSR count). The van der Waals surface area contributed by atoms with Gasteiger partial charge >= 0.3 is 0 Å². The number of ether oxygens (including phenoxy) is 1. The second-order valence-corrected chi connectivity index (χ2v) is 7.75. The van der Waals surface area contributed by atoms with E-state index in [1.54, 1.807) is 18.2 Å². The van der Waals surface area contributed by atoms with Gasteiger partial charge in [0.2, 0.25) is 0 Å². The van der Waals surface area contributed by atoms with Crippen LogP contribution in [0.1, 0.15) is 4.88 Å². The molecule has 0 saturated carbocycles. The van der Waals surface area contributed by atoms with E-state index in [9.17, 15) is 18.3 Å². The Labute approximate surface area is 142 Å². The van der Waals surface area contributed by atoms with Gasteiger partial charge in [0.1, 0.15) is 10.7 Å². The fourth-order valence-corrected chi connectivity index (χ4v) is 4.82. The number of hydrogen-bond donors (Lipinski definition) is 2. The maximum Gasteiger partial charge on any atom is 0.278 e. The number of rotatable bonds is 3. The summed E-state index contributed by atoms with van der Waals surface area (Å²) >= 11 is 0.944. The highest BCUT2D eigenvalue weighted by Gasteiger charge is 2.40. The summed E-state index contributed by atoms with van der Waals surface area (Å²) in [6.07, 6.45) is 1.48. The predicted octanol–water partition coefficient (Wildman–Crippen LogP) is 1.65. The fourth-order valence-electron chi connectivity index (χ4n) is 2.20. The fraction of sp³-hybridized carbons (Fsp3) is 0.143. The first-order chi connectivity index (χ1) is 11.4. The lowest BCUT2D eigenvalue weighted by Gasteiger charge is -2.26. The van der Waals surface area contributed by atoms with Crippen molar-refractivity contribution in [3.8, 4) is 5.06 Å². The zero-order valence-corrected chi connectivity index (χ0v) is 14.3. The van der Waals surface area contributed by atoms with Crippen LogP contribution in [0.25, 0.3) is 5.76 Å². The Morgan fingerprint density at radius 3 is 2.79 bits per heavy atom. The van der Waals surface area contributed by atoms with Crippen molar-refractivity contribution in [1.82, 2.24) is 9.29 Å². The molecule has 1 aliphatic rings. The van der Waals surface area contributed by atoms with E-state index in [2.05, 4.69) is 10.3 Å². The summed E-state index contributed by atoms with van der Waals surface area (Å²) in [5, 5.41) is 13.2. The number of sulfonamides is 1. The van der Waals surface area contributed by atoms with E-state index in [0.717, 1.165) is 15.6 Å². The molecule has 0 bridgehead atoms. The highest BCUT2D eigenvalue weighted by Crippen LogP contribution is 2.42. The number of thiophene rings is 1. The van der Waals surface area contributed by atoms with Crippen LogP contribution in [-0.2, 0) is 14.8 Å². The number of aromatic nitrogens is 1. The Kier molecular flexibility index (Phi) is 3.93. The normalized spacial score (nSPS) is 15.8. The highest BCUT2D eigenvalue weighted by atomic mass is 32.2. The van der Waals surface area contributed by atoms with Crippen molar-refractivity contribution in [2.24, 2.45) is 0 Å². The molecule has 0 spiro atoms. The van der Waals surface area contributed by atoms with E-state index < -0.39 is 21.7 Å². The van der Waals surface area contributed by atoms with Gasteiger partial charge in [0.25, 0.3) is 15.9 Å². The van der Waals surface area contributed by atoms with Gasteiger partial charge in [-0.25, -0.2) is 13.4 Å². The number of amides is 1. The lowest BCUT2D eigenvalue weighted by atomic mass is 10.2. The third-order valence-corrected chi connectivity index (χ3v) is 6.40. The zero-order valence-electron chi connectivity index (χ0n) is 12.7. The number of nitrogens with zero attached hydrogens (tertiary/aromatic N) is 2. The number of fused-ring (bicyclic) bond motifs is 1. The molecule has 2 aromatic rings. The van der Waals surface area contributed by atoms with Gasteiger partial charge in [-0.1, -0.05) is 17.4 Å². The Balaban J connectivity index is 2.09. The molecule has 0 atom stereocenters. The summed E-state index contributed by atoms with van der Waals surface area (Å²) in [4.78, 5) is 16.4. The first kappa shape index (κ1) is 16.3. The molecule has 0 aliphatic carbocycles. The van der Waals surface area contributed by atoms with Gasteiger partial charge in [0.15, 0.2) is 16.5 Å². The topological polar surface area (TPSA) is 109 Å². The Morgan fingerprint density at radius 1 is 1.42 bits per heavy atom. The third-order valence-electron chi connectivity index (χ3n) is 3.39. The lowest BCUT2D eigenvalue weighted by molar-refractivity contribution is -0.113.